The molecule has 1 fully saturated rings. The first-order chi connectivity index (χ1) is 14.0. The average molecular weight is 412 g/mol. The molecule has 3 aromatic rings. The lowest BCUT2D eigenvalue weighted by Crippen LogP contribution is -3.14. The van der Waals surface area contributed by atoms with Gasteiger partial charge in [-0.2, -0.15) is 0 Å². The van der Waals surface area contributed by atoms with E-state index in [1.54, 1.807) is 6.92 Å². The molecule has 29 heavy (non-hydrogen) atoms. The van der Waals surface area contributed by atoms with Crippen LogP contribution < -0.4 is 9.80 Å². The van der Waals surface area contributed by atoms with Crippen LogP contribution in [0.25, 0.3) is 11.5 Å². The number of nitrogens with zero attached hydrogens (tertiary/aromatic N) is 3. The summed E-state index contributed by atoms with van der Waals surface area (Å²) in [6.07, 6.45) is 0. The first kappa shape index (κ1) is 19.6. The standard InChI is InChI=1S/C22H23ClN4O2/c1-15(21-24-25-22(29-21)18-4-3-5-19(23)14-18)26-10-12-27(13-11-26)20-8-6-17(7-9-20)16(2)28/h3-9,14-15H,10-13H2,1-2H3/p+1/t15-/m0/s1. The quantitative estimate of drug-likeness (QED) is 0.654. The number of halogens is 1. The molecule has 0 saturated carbocycles. The molecule has 7 heteroatoms. The molecule has 1 atom stereocenters. The van der Waals surface area contributed by atoms with Gasteiger partial charge < -0.3 is 14.2 Å². The number of ketones is 1. The van der Waals surface area contributed by atoms with E-state index < -0.39 is 0 Å². The lowest BCUT2D eigenvalue weighted by molar-refractivity contribution is -0.931. The van der Waals surface area contributed by atoms with Crippen LogP contribution in [0.2, 0.25) is 5.02 Å². The Balaban J connectivity index is 1.39. The van der Waals surface area contributed by atoms with E-state index in [1.807, 2.05) is 48.5 Å². The van der Waals surface area contributed by atoms with Crippen molar-refractivity contribution in [3.8, 4) is 11.5 Å². The van der Waals surface area contributed by atoms with Crippen LogP contribution in [0.3, 0.4) is 0 Å². The number of rotatable bonds is 5. The molecule has 2 heterocycles. The van der Waals surface area contributed by atoms with Crippen molar-refractivity contribution in [2.45, 2.75) is 19.9 Å². The monoisotopic (exact) mass is 411 g/mol. The number of quaternary nitrogens is 1. The van der Waals surface area contributed by atoms with Crippen molar-refractivity contribution < 1.29 is 14.1 Å². The van der Waals surface area contributed by atoms with Crippen LogP contribution in [-0.2, 0) is 0 Å². The molecule has 0 unspecified atom stereocenters. The van der Waals surface area contributed by atoms with Gasteiger partial charge in [0.1, 0.15) is 0 Å². The summed E-state index contributed by atoms with van der Waals surface area (Å²) in [6.45, 7) is 7.55. The number of piperazine rings is 1. The molecule has 1 aromatic heterocycles. The minimum absolute atomic E-state index is 0.0938. The Kier molecular flexibility index (Phi) is 5.65. The van der Waals surface area contributed by atoms with Crippen molar-refractivity contribution in [2.24, 2.45) is 0 Å². The van der Waals surface area contributed by atoms with E-state index in [0.717, 1.165) is 43.0 Å². The van der Waals surface area contributed by atoms with E-state index in [1.165, 1.54) is 4.90 Å². The van der Waals surface area contributed by atoms with Gasteiger partial charge in [-0.1, -0.05) is 17.7 Å². The Hall–Kier alpha value is -2.70. The van der Waals surface area contributed by atoms with Crippen molar-refractivity contribution in [1.82, 2.24) is 10.2 Å². The largest absolute Gasteiger partial charge is 0.415 e. The van der Waals surface area contributed by atoms with Crippen molar-refractivity contribution in [2.75, 3.05) is 31.1 Å². The summed E-state index contributed by atoms with van der Waals surface area (Å²) in [5, 5.41) is 9.12. The van der Waals surface area contributed by atoms with Crippen LogP contribution >= 0.6 is 11.6 Å². The number of carbonyl (C=O) groups is 1. The first-order valence-electron chi connectivity index (χ1n) is 9.81. The van der Waals surface area contributed by atoms with Gasteiger partial charge in [0.2, 0.25) is 5.89 Å². The molecule has 6 nitrogen and oxygen atoms in total. The smallest absolute Gasteiger partial charge is 0.274 e. The third-order valence-corrected chi connectivity index (χ3v) is 5.77. The number of Topliss-reactive ketones (excluding diaryl/α,β-unsaturated/α-hetero) is 1. The second kappa shape index (κ2) is 8.35. The minimum Gasteiger partial charge on any atom is -0.415 e. The maximum absolute atomic E-state index is 11.5. The summed E-state index contributed by atoms with van der Waals surface area (Å²) in [5.74, 6) is 1.24. The molecule has 150 valence electrons. The van der Waals surface area contributed by atoms with Gasteiger partial charge >= 0.3 is 0 Å². The summed E-state index contributed by atoms with van der Waals surface area (Å²) in [5.41, 5.74) is 2.73. The Morgan fingerprint density at radius 3 is 2.52 bits per heavy atom. The molecule has 1 aliphatic rings. The summed E-state index contributed by atoms with van der Waals surface area (Å²) in [7, 11) is 0. The second-order valence-corrected chi connectivity index (χ2v) is 7.86. The topological polar surface area (TPSA) is 63.7 Å². The van der Waals surface area contributed by atoms with Gasteiger partial charge in [0, 0.05) is 21.8 Å². The van der Waals surface area contributed by atoms with Crippen LogP contribution in [0, 0.1) is 0 Å². The maximum atomic E-state index is 11.5. The summed E-state index contributed by atoms with van der Waals surface area (Å²) in [6, 6.07) is 15.4. The lowest BCUT2D eigenvalue weighted by atomic mass is 10.1. The lowest BCUT2D eigenvalue weighted by Gasteiger charge is -2.35. The fraction of sp³-hybridized carbons (Fsp3) is 0.318. The third kappa shape index (κ3) is 4.33. The molecule has 0 radical (unpaired) electrons. The molecule has 1 saturated heterocycles. The molecule has 0 amide bonds. The Morgan fingerprint density at radius 1 is 1.14 bits per heavy atom. The predicted octanol–water partition coefficient (Wildman–Crippen LogP) is 3.06. The van der Waals surface area contributed by atoms with Crippen molar-refractivity contribution in [1.29, 1.82) is 0 Å². The molecule has 2 aromatic carbocycles. The Morgan fingerprint density at radius 2 is 1.86 bits per heavy atom. The number of nitrogens with one attached hydrogen (secondary N) is 1. The van der Waals surface area contributed by atoms with Gasteiger partial charge in [0.05, 0.1) is 26.2 Å². The van der Waals surface area contributed by atoms with Crippen molar-refractivity contribution in [3.63, 3.8) is 0 Å². The zero-order valence-corrected chi connectivity index (χ0v) is 17.3. The van der Waals surface area contributed by atoms with Crippen molar-refractivity contribution in [3.05, 3.63) is 65.0 Å². The minimum atomic E-state index is 0.0938. The highest BCUT2D eigenvalue weighted by atomic mass is 35.5. The van der Waals surface area contributed by atoms with Gasteiger partial charge in [0.15, 0.2) is 11.8 Å². The fourth-order valence-electron chi connectivity index (χ4n) is 3.71. The Labute approximate surface area is 175 Å². The fourth-order valence-corrected chi connectivity index (χ4v) is 3.90. The number of benzene rings is 2. The van der Waals surface area contributed by atoms with Crippen LogP contribution in [-0.4, -0.2) is 42.2 Å². The maximum Gasteiger partial charge on any atom is 0.274 e. The van der Waals surface area contributed by atoms with Crippen LogP contribution in [0.5, 0.6) is 0 Å². The zero-order chi connectivity index (χ0) is 20.4. The molecular weight excluding hydrogens is 388 g/mol. The summed E-state index contributed by atoms with van der Waals surface area (Å²) >= 11 is 6.06. The molecular formula is C22H24ClN4O2+. The highest BCUT2D eigenvalue weighted by Gasteiger charge is 2.29. The number of hydrogen-bond donors (Lipinski definition) is 1. The van der Waals surface area contributed by atoms with Crippen LogP contribution in [0.4, 0.5) is 5.69 Å². The zero-order valence-electron chi connectivity index (χ0n) is 16.6. The van der Waals surface area contributed by atoms with Gasteiger partial charge in [0.25, 0.3) is 5.89 Å². The normalized spacial score (nSPS) is 16.0. The van der Waals surface area contributed by atoms with Gasteiger partial charge in [-0.15, -0.1) is 10.2 Å². The second-order valence-electron chi connectivity index (χ2n) is 7.43. The number of aromatic nitrogens is 2. The van der Waals surface area contributed by atoms with E-state index in [2.05, 4.69) is 22.0 Å². The number of hydrogen-bond acceptors (Lipinski definition) is 5. The van der Waals surface area contributed by atoms with E-state index in [0.29, 0.717) is 16.8 Å². The van der Waals surface area contributed by atoms with E-state index in [-0.39, 0.29) is 11.8 Å². The van der Waals surface area contributed by atoms with E-state index >= 15 is 0 Å². The highest BCUT2D eigenvalue weighted by Crippen LogP contribution is 2.23. The molecule has 1 N–H and O–H groups in total. The van der Waals surface area contributed by atoms with Gasteiger partial charge in [-0.05, 0) is 56.3 Å². The van der Waals surface area contributed by atoms with E-state index in [9.17, 15) is 4.79 Å². The molecule has 0 spiro atoms. The molecule has 0 bridgehead atoms. The molecule has 0 aliphatic carbocycles. The van der Waals surface area contributed by atoms with Gasteiger partial charge in [-0.3, -0.25) is 4.79 Å². The van der Waals surface area contributed by atoms with Crippen molar-refractivity contribution >= 4 is 23.1 Å². The third-order valence-electron chi connectivity index (χ3n) is 5.54. The van der Waals surface area contributed by atoms with Crippen LogP contribution in [0.15, 0.2) is 52.9 Å². The average Bonchev–Trinajstić information content (AvgIpc) is 3.24. The van der Waals surface area contributed by atoms with E-state index in [4.69, 9.17) is 16.0 Å². The predicted molar refractivity (Wildman–Crippen MR) is 113 cm³/mol. The SMILES string of the molecule is CC(=O)c1ccc(N2CC[NH+]([C@@H](C)c3nnc(-c4cccc(Cl)c4)o3)CC2)cc1. The molecule has 4 rings (SSSR count). The highest BCUT2D eigenvalue weighted by molar-refractivity contribution is 6.30. The first-order valence-corrected chi connectivity index (χ1v) is 10.2. The molecule has 1 aliphatic heterocycles. The summed E-state index contributed by atoms with van der Waals surface area (Å²) < 4.78 is 5.94. The number of anilines is 1. The number of carbonyl (C=O) groups excluding carboxylic acids is 1. The van der Waals surface area contributed by atoms with Crippen LogP contribution in [0.1, 0.15) is 36.1 Å². The summed E-state index contributed by atoms with van der Waals surface area (Å²) in [4.78, 5) is 15.2. The Bertz CT molecular complexity index is 994. The van der Waals surface area contributed by atoms with Gasteiger partial charge in [-0.25, -0.2) is 0 Å².